The molecule has 25 heavy (non-hydrogen) atoms. The standard InChI is InChI=1S/C19H29N3O2S/c1-4-24-17(23)15-8-10-16(11-9-15)21-18(25)20-14-19(22(2)3)12-6-5-7-13-19/h8-11H,4-7,12-14H2,1-3H3,(H2,20,21,25). The van der Waals surface area contributed by atoms with Crippen molar-refractivity contribution in [2.45, 2.75) is 44.6 Å². The highest BCUT2D eigenvalue weighted by Gasteiger charge is 2.34. The van der Waals surface area contributed by atoms with Gasteiger partial charge >= 0.3 is 5.97 Å². The zero-order chi connectivity index (χ0) is 18.3. The van der Waals surface area contributed by atoms with Crippen LogP contribution < -0.4 is 10.6 Å². The van der Waals surface area contributed by atoms with Crippen LogP contribution in [0.15, 0.2) is 24.3 Å². The van der Waals surface area contributed by atoms with Crippen LogP contribution in [0.1, 0.15) is 49.4 Å². The molecule has 6 heteroatoms. The first-order valence-corrected chi connectivity index (χ1v) is 9.37. The lowest BCUT2D eigenvalue weighted by Crippen LogP contribution is -2.54. The molecule has 2 rings (SSSR count). The molecule has 0 unspecified atom stereocenters. The summed E-state index contributed by atoms with van der Waals surface area (Å²) in [5, 5.41) is 7.16. The molecule has 0 radical (unpaired) electrons. The van der Waals surface area contributed by atoms with Gasteiger partial charge in [0.1, 0.15) is 0 Å². The fourth-order valence-electron chi connectivity index (χ4n) is 3.32. The predicted molar refractivity (Wildman–Crippen MR) is 106 cm³/mol. The monoisotopic (exact) mass is 363 g/mol. The van der Waals surface area contributed by atoms with Gasteiger partial charge in [-0.15, -0.1) is 0 Å². The van der Waals surface area contributed by atoms with E-state index >= 15 is 0 Å². The zero-order valence-electron chi connectivity index (χ0n) is 15.4. The highest BCUT2D eigenvalue weighted by Crippen LogP contribution is 2.31. The molecule has 0 spiro atoms. The summed E-state index contributed by atoms with van der Waals surface area (Å²) in [7, 11) is 4.30. The van der Waals surface area contributed by atoms with Crippen LogP contribution in [0.3, 0.4) is 0 Å². The number of hydrogen-bond acceptors (Lipinski definition) is 4. The van der Waals surface area contributed by atoms with Crippen LogP contribution >= 0.6 is 12.2 Å². The van der Waals surface area contributed by atoms with Crippen LogP contribution in [0, 0.1) is 0 Å². The predicted octanol–water partition coefficient (Wildman–Crippen LogP) is 3.41. The van der Waals surface area contributed by atoms with E-state index in [1.54, 1.807) is 19.1 Å². The largest absolute Gasteiger partial charge is 0.462 e. The molecule has 1 fully saturated rings. The van der Waals surface area contributed by atoms with Crippen molar-refractivity contribution in [2.24, 2.45) is 0 Å². The Bertz CT molecular complexity index is 581. The molecule has 1 aliphatic rings. The van der Waals surface area contributed by atoms with Crippen molar-refractivity contribution in [1.82, 2.24) is 10.2 Å². The van der Waals surface area contributed by atoms with Crippen LogP contribution in [-0.2, 0) is 4.74 Å². The first-order chi connectivity index (χ1) is 12.0. The first-order valence-electron chi connectivity index (χ1n) is 8.96. The Labute approximate surface area is 156 Å². The van der Waals surface area contributed by atoms with E-state index in [9.17, 15) is 4.79 Å². The second kappa shape index (κ2) is 9.15. The molecule has 138 valence electrons. The maximum atomic E-state index is 11.7. The number of benzene rings is 1. The van der Waals surface area contributed by atoms with Crippen molar-refractivity contribution in [1.29, 1.82) is 0 Å². The fraction of sp³-hybridized carbons (Fsp3) is 0.579. The van der Waals surface area contributed by atoms with E-state index < -0.39 is 0 Å². The molecule has 0 saturated heterocycles. The summed E-state index contributed by atoms with van der Waals surface area (Å²) in [6.07, 6.45) is 6.27. The fourth-order valence-corrected chi connectivity index (χ4v) is 3.51. The summed E-state index contributed by atoms with van der Waals surface area (Å²) < 4.78 is 4.99. The lowest BCUT2D eigenvalue weighted by molar-refractivity contribution is 0.0526. The molecule has 0 bridgehead atoms. The highest BCUT2D eigenvalue weighted by atomic mass is 32.1. The van der Waals surface area contributed by atoms with E-state index in [0.717, 1.165) is 12.2 Å². The van der Waals surface area contributed by atoms with Gasteiger partial charge in [-0.05, 0) is 70.3 Å². The Morgan fingerprint density at radius 3 is 2.40 bits per heavy atom. The molecule has 0 aromatic heterocycles. The van der Waals surface area contributed by atoms with E-state index in [2.05, 4.69) is 29.6 Å². The van der Waals surface area contributed by atoms with Crippen molar-refractivity contribution in [3.05, 3.63) is 29.8 Å². The van der Waals surface area contributed by atoms with Crippen molar-refractivity contribution in [3.8, 4) is 0 Å². The molecule has 0 amide bonds. The van der Waals surface area contributed by atoms with E-state index in [0.29, 0.717) is 17.3 Å². The van der Waals surface area contributed by atoms with E-state index in [-0.39, 0.29) is 11.5 Å². The van der Waals surface area contributed by atoms with Crippen LogP contribution in [0.4, 0.5) is 5.69 Å². The summed E-state index contributed by atoms with van der Waals surface area (Å²) >= 11 is 5.43. The summed E-state index contributed by atoms with van der Waals surface area (Å²) in [6.45, 7) is 3.01. The van der Waals surface area contributed by atoms with Gasteiger partial charge in [-0.1, -0.05) is 19.3 Å². The second-order valence-corrected chi connectivity index (χ2v) is 7.19. The number of carbonyl (C=O) groups is 1. The quantitative estimate of drug-likeness (QED) is 0.597. The average Bonchev–Trinajstić information content (AvgIpc) is 2.61. The van der Waals surface area contributed by atoms with Crippen LogP contribution in [0.25, 0.3) is 0 Å². The summed E-state index contributed by atoms with van der Waals surface area (Å²) in [5.41, 5.74) is 1.57. The third kappa shape index (κ3) is 5.41. The smallest absolute Gasteiger partial charge is 0.338 e. The van der Waals surface area contributed by atoms with Gasteiger partial charge in [0.15, 0.2) is 5.11 Å². The lowest BCUT2D eigenvalue weighted by Gasteiger charge is -2.43. The molecule has 0 heterocycles. The van der Waals surface area contributed by atoms with E-state index in [1.165, 1.54) is 32.1 Å². The van der Waals surface area contributed by atoms with Gasteiger partial charge in [0.2, 0.25) is 0 Å². The summed E-state index contributed by atoms with van der Waals surface area (Å²) in [5.74, 6) is -0.306. The Balaban J connectivity index is 1.88. The minimum Gasteiger partial charge on any atom is -0.462 e. The van der Waals surface area contributed by atoms with Gasteiger partial charge in [0, 0.05) is 17.8 Å². The lowest BCUT2D eigenvalue weighted by atomic mass is 9.80. The number of nitrogens with one attached hydrogen (secondary N) is 2. The topological polar surface area (TPSA) is 53.6 Å². The number of esters is 1. The summed E-state index contributed by atoms with van der Waals surface area (Å²) in [4.78, 5) is 14.0. The third-order valence-corrected chi connectivity index (χ3v) is 5.21. The SMILES string of the molecule is CCOC(=O)c1ccc(NC(=S)NCC2(N(C)C)CCCCC2)cc1. The van der Waals surface area contributed by atoms with Gasteiger partial charge in [-0.3, -0.25) is 0 Å². The Kier molecular flexibility index (Phi) is 7.20. The van der Waals surface area contributed by atoms with Crippen LogP contribution in [0.2, 0.25) is 0 Å². The van der Waals surface area contributed by atoms with Crippen LogP contribution in [-0.4, -0.2) is 48.8 Å². The van der Waals surface area contributed by atoms with E-state index in [4.69, 9.17) is 17.0 Å². The number of likely N-dealkylation sites (N-methyl/N-ethyl adjacent to an activating group) is 1. The first kappa shape index (κ1) is 19.7. The van der Waals surface area contributed by atoms with E-state index in [1.807, 2.05) is 12.1 Å². The Morgan fingerprint density at radius 2 is 1.84 bits per heavy atom. The Hall–Kier alpha value is -1.66. The number of nitrogens with zero attached hydrogens (tertiary/aromatic N) is 1. The molecule has 5 nitrogen and oxygen atoms in total. The molecule has 0 atom stereocenters. The molecular weight excluding hydrogens is 334 g/mol. The third-order valence-electron chi connectivity index (χ3n) is 4.96. The van der Waals surface area contributed by atoms with Gasteiger partial charge < -0.3 is 20.3 Å². The molecule has 0 aliphatic heterocycles. The zero-order valence-corrected chi connectivity index (χ0v) is 16.2. The molecule has 1 aromatic rings. The van der Waals surface area contributed by atoms with Gasteiger partial charge in [0.05, 0.1) is 12.2 Å². The van der Waals surface area contributed by atoms with Crippen LogP contribution in [0.5, 0.6) is 0 Å². The second-order valence-electron chi connectivity index (χ2n) is 6.78. The molecule has 2 N–H and O–H groups in total. The molecule has 1 aliphatic carbocycles. The van der Waals surface area contributed by atoms with Gasteiger partial charge in [-0.25, -0.2) is 4.79 Å². The maximum Gasteiger partial charge on any atom is 0.338 e. The van der Waals surface area contributed by atoms with Crippen molar-refractivity contribution >= 4 is 29.0 Å². The van der Waals surface area contributed by atoms with Crippen molar-refractivity contribution in [3.63, 3.8) is 0 Å². The average molecular weight is 364 g/mol. The van der Waals surface area contributed by atoms with Crippen molar-refractivity contribution in [2.75, 3.05) is 32.6 Å². The number of ether oxygens (including phenoxy) is 1. The number of carbonyl (C=O) groups excluding carboxylic acids is 1. The normalized spacial score (nSPS) is 16.3. The van der Waals surface area contributed by atoms with Gasteiger partial charge in [-0.2, -0.15) is 0 Å². The minimum absolute atomic E-state index is 0.178. The highest BCUT2D eigenvalue weighted by molar-refractivity contribution is 7.80. The van der Waals surface area contributed by atoms with Gasteiger partial charge in [0.25, 0.3) is 0 Å². The Morgan fingerprint density at radius 1 is 1.20 bits per heavy atom. The number of hydrogen-bond donors (Lipinski definition) is 2. The summed E-state index contributed by atoms with van der Waals surface area (Å²) in [6, 6.07) is 7.15. The molecular formula is C19H29N3O2S. The molecule has 1 aromatic carbocycles. The number of rotatable bonds is 6. The molecule has 1 saturated carbocycles. The maximum absolute atomic E-state index is 11.7. The minimum atomic E-state index is -0.306. The number of thiocarbonyl (C=S) groups is 1. The number of anilines is 1. The van der Waals surface area contributed by atoms with Crippen molar-refractivity contribution < 1.29 is 9.53 Å².